The van der Waals surface area contributed by atoms with Crippen LogP contribution in [0.3, 0.4) is 0 Å². The van der Waals surface area contributed by atoms with Crippen molar-refractivity contribution >= 4 is 45.3 Å². The van der Waals surface area contributed by atoms with Crippen molar-refractivity contribution < 1.29 is 18.8 Å². The molecule has 3 rings (SSSR count). The molecule has 0 bridgehead atoms. The van der Waals surface area contributed by atoms with Crippen molar-refractivity contribution in [3.8, 4) is 0 Å². The number of aryl methyl sites for hydroxylation is 1. The molecule has 10 nitrogen and oxygen atoms in total. The molecule has 1 aromatic carbocycles. The maximum atomic E-state index is 14.5. The molecule has 3 amide bonds. The van der Waals surface area contributed by atoms with Crippen LogP contribution in [0, 0.1) is 12.7 Å². The molecule has 1 aliphatic rings. The fraction of sp³-hybridized carbons (Fsp3) is 0.375. The maximum absolute atomic E-state index is 14.5. The van der Waals surface area contributed by atoms with Crippen LogP contribution in [0.4, 0.5) is 16.0 Å². The minimum absolute atomic E-state index is 0.0264. The molecule has 148 valence electrons. The Bertz CT molecular complexity index is 973. The van der Waals surface area contributed by atoms with Crippen molar-refractivity contribution in [1.29, 1.82) is 0 Å². The molecule has 0 radical (unpaired) electrons. The van der Waals surface area contributed by atoms with Crippen LogP contribution in [-0.2, 0) is 16.6 Å². The molecule has 1 aliphatic carbocycles. The maximum Gasteiger partial charge on any atom is 0.313 e. The van der Waals surface area contributed by atoms with Crippen molar-refractivity contribution in [3.05, 3.63) is 27.5 Å². The summed E-state index contributed by atoms with van der Waals surface area (Å²) in [6, 6.07) is 1.11. The molecular weight excluding hydrogens is 437 g/mol. The first kappa shape index (κ1) is 19.9. The zero-order chi connectivity index (χ0) is 20.6. The van der Waals surface area contributed by atoms with E-state index >= 15 is 0 Å². The predicted molar refractivity (Wildman–Crippen MR) is 100 cm³/mol. The number of aromatic nitrogens is 4. The predicted octanol–water partition coefficient (Wildman–Crippen LogP) is 1.23. The molecule has 0 atom stereocenters. The number of likely N-dealkylation sites (N-methyl/N-ethyl adjacent to an activating group) is 1. The summed E-state index contributed by atoms with van der Waals surface area (Å²) in [5.74, 6) is -3.14. The van der Waals surface area contributed by atoms with Gasteiger partial charge in [0.15, 0.2) is 0 Å². The highest BCUT2D eigenvalue weighted by atomic mass is 79.9. The molecule has 12 heteroatoms. The number of carbonyl (C=O) groups excluding carboxylic acids is 3. The first-order valence-corrected chi connectivity index (χ1v) is 9.10. The summed E-state index contributed by atoms with van der Waals surface area (Å²) in [4.78, 5) is 38.4. The van der Waals surface area contributed by atoms with Crippen LogP contribution in [0.25, 0.3) is 0 Å². The third kappa shape index (κ3) is 3.86. The number of nitrogens with one attached hydrogen (secondary N) is 2. The summed E-state index contributed by atoms with van der Waals surface area (Å²) in [7, 11) is 3.06. The van der Waals surface area contributed by atoms with E-state index in [0.717, 1.165) is 18.9 Å². The SMILES string of the molecule is Cc1c(NC(=O)C(=O)N(C)C2CC2)c(Br)cc(F)c1C(=O)Nc1nnnn1C. The lowest BCUT2D eigenvalue weighted by atomic mass is 10.0. The van der Waals surface area contributed by atoms with Crippen LogP contribution >= 0.6 is 15.9 Å². The quantitative estimate of drug-likeness (QED) is 0.671. The van der Waals surface area contributed by atoms with Gasteiger partial charge >= 0.3 is 11.8 Å². The van der Waals surface area contributed by atoms with E-state index in [0.29, 0.717) is 0 Å². The van der Waals surface area contributed by atoms with Gasteiger partial charge in [-0.2, -0.15) is 0 Å². The fourth-order valence-electron chi connectivity index (χ4n) is 2.63. The zero-order valence-corrected chi connectivity index (χ0v) is 16.9. The van der Waals surface area contributed by atoms with Gasteiger partial charge in [-0.25, -0.2) is 9.07 Å². The van der Waals surface area contributed by atoms with E-state index < -0.39 is 23.5 Å². The molecule has 1 heterocycles. The highest BCUT2D eigenvalue weighted by molar-refractivity contribution is 9.10. The van der Waals surface area contributed by atoms with Gasteiger partial charge in [-0.3, -0.25) is 19.7 Å². The Hall–Kier alpha value is -2.89. The van der Waals surface area contributed by atoms with E-state index in [1.54, 1.807) is 7.05 Å². The Balaban J connectivity index is 1.87. The summed E-state index contributed by atoms with van der Waals surface area (Å²) < 4.78 is 15.9. The zero-order valence-electron chi connectivity index (χ0n) is 15.3. The van der Waals surface area contributed by atoms with Crippen molar-refractivity contribution in [2.24, 2.45) is 7.05 Å². The number of rotatable bonds is 4. The number of hydrogen-bond donors (Lipinski definition) is 2. The van der Waals surface area contributed by atoms with E-state index in [-0.39, 0.29) is 33.3 Å². The summed E-state index contributed by atoms with van der Waals surface area (Å²) in [6.45, 7) is 1.46. The van der Waals surface area contributed by atoms with Gasteiger partial charge in [0, 0.05) is 24.6 Å². The third-order valence-electron chi connectivity index (χ3n) is 4.40. The normalized spacial score (nSPS) is 13.2. The third-order valence-corrected chi connectivity index (χ3v) is 5.03. The highest BCUT2D eigenvalue weighted by Crippen LogP contribution is 2.32. The summed E-state index contributed by atoms with van der Waals surface area (Å²) >= 11 is 3.16. The monoisotopic (exact) mass is 453 g/mol. The van der Waals surface area contributed by atoms with Crippen molar-refractivity contribution in [1.82, 2.24) is 25.1 Å². The first-order chi connectivity index (χ1) is 13.2. The molecule has 1 aromatic heterocycles. The molecule has 28 heavy (non-hydrogen) atoms. The molecule has 1 saturated carbocycles. The van der Waals surface area contributed by atoms with E-state index in [1.807, 2.05) is 0 Å². The Morgan fingerprint density at radius 3 is 2.57 bits per heavy atom. The number of halogens is 2. The standard InChI is InChI=1S/C16H17BrFN7O3/c1-7-11(13(26)20-16-21-22-23-25(16)3)10(18)6-9(17)12(7)19-14(27)15(28)24(2)8-4-5-8/h6,8H,4-5H2,1-3H3,(H,19,27)(H,20,21,23,26). The first-order valence-electron chi connectivity index (χ1n) is 8.31. The number of tetrazole rings is 1. The minimum atomic E-state index is -0.867. The molecule has 0 unspecified atom stereocenters. The van der Waals surface area contributed by atoms with Crippen molar-refractivity contribution in [2.75, 3.05) is 17.7 Å². The Labute approximate surface area is 167 Å². The second kappa shape index (κ2) is 7.62. The fourth-order valence-corrected chi connectivity index (χ4v) is 3.22. The molecule has 0 aliphatic heterocycles. The van der Waals surface area contributed by atoms with Gasteiger partial charge in [-0.15, -0.1) is 0 Å². The van der Waals surface area contributed by atoms with Crippen LogP contribution in [0.15, 0.2) is 10.5 Å². The Kier molecular flexibility index (Phi) is 5.40. The van der Waals surface area contributed by atoms with Crippen molar-refractivity contribution in [3.63, 3.8) is 0 Å². The van der Waals surface area contributed by atoms with Crippen LogP contribution in [0.5, 0.6) is 0 Å². The van der Waals surface area contributed by atoms with Crippen LogP contribution < -0.4 is 10.6 Å². The van der Waals surface area contributed by atoms with Gasteiger partial charge in [0.2, 0.25) is 5.95 Å². The Morgan fingerprint density at radius 2 is 2.00 bits per heavy atom. The van der Waals surface area contributed by atoms with Crippen LogP contribution in [0.1, 0.15) is 28.8 Å². The number of benzene rings is 1. The molecule has 1 fully saturated rings. The van der Waals surface area contributed by atoms with Gasteiger partial charge in [-0.05, 0) is 57.8 Å². The van der Waals surface area contributed by atoms with Crippen LogP contribution in [-0.4, -0.2) is 55.9 Å². The smallest absolute Gasteiger partial charge is 0.313 e. The molecule has 0 saturated heterocycles. The second-order valence-electron chi connectivity index (χ2n) is 6.40. The van der Waals surface area contributed by atoms with E-state index in [2.05, 4.69) is 42.1 Å². The number of anilines is 2. The van der Waals surface area contributed by atoms with Crippen LogP contribution in [0.2, 0.25) is 0 Å². The lowest BCUT2D eigenvalue weighted by Gasteiger charge is -2.18. The number of carbonyl (C=O) groups is 3. The molecule has 2 aromatic rings. The molecular formula is C16H17BrFN7O3. The largest absolute Gasteiger partial charge is 0.335 e. The summed E-state index contributed by atoms with van der Waals surface area (Å²) in [5.41, 5.74) is -0.0237. The average Bonchev–Trinajstić information content (AvgIpc) is 3.41. The number of nitrogens with zero attached hydrogens (tertiary/aromatic N) is 5. The second-order valence-corrected chi connectivity index (χ2v) is 7.25. The summed E-state index contributed by atoms with van der Waals surface area (Å²) in [5, 5.41) is 15.4. The Morgan fingerprint density at radius 1 is 1.32 bits per heavy atom. The van der Waals surface area contributed by atoms with E-state index in [4.69, 9.17) is 0 Å². The van der Waals surface area contributed by atoms with Gasteiger partial charge < -0.3 is 10.2 Å². The molecule has 2 N–H and O–H groups in total. The summed E-state index contributed by atoms with van der Waals surface area (Å²) in [6.07, 6.45) is 1.71. The minimum Gasteiger partial charge on any atom is -0.335 e. The lowest BCUT2D eigenvalue weighted by Crippen LogP contribution is -2.38. The highest BCUT2D eigenvalue weighted by Gasteiger charge is 2.33. The topological polar surface area (TPSA) is 122 Å². The van der Waals surface area contributed by atoms with Gasteiger partial charge in [-0.1, -0.05) is 5.10 Å². The average molecular weight is 454 g/mol. The van der Waals surface area contributed by atoms with E-state index in [9.17, 15) is 18.8 Å². The molecule has 0 spiro atoms. The number of amides is 3. The van der Waals surface area contributed by atoms with Crippen molar-refractivity contribution in [2.45, 2.75) is 25.8 Å². The van der Waals surface area contributed by atoms with Gasteiger partial charge in [0.25, 0.3) is 5.91 Å². The lowest BCUT2D eigenvalue weighted by molar-refractivity contribution is -0.142. The number of hydrogen-bond acceptors (Lipinski definition) is 6. The van der Waals surface area contributed by atoms with E-state index in [1.165, 1.54) is 23.6 Å². The van der Waals surface area contributed by atoms with Gasteiger partial charge in [0.1, 0.15) is 5.82 Å². The van der Waals surface area contributed by atoms with Gasteiger partial charge in [0.05, 0.1) is 11.3 Å².